The number of anilines is 1. The molecule has 3 rings (SSSR count). The SMILES string of the molecule is CCc1ccc(Oc2ccc(N)c3cnc(C)cc23)cc1. The van der Waals surface area contributed by atoms with Gasteiger partial charge in [0.05, 0.1) is 0 Å². The molecule has 0 aliphatic rings. The Kier molecular flexibility index (Phi) is 3.48. The predicted octanol–water partition coefficient (Wildman–Crippen LogP) is 4.48. The Morgan fingerprint density at radius 2 is 1.81 bits per heavy atom. The van der Waals surface area contributed by atoms with Gasteiger partial charge < -0.3 is 10.5 Å². The molecule has 0 radical (unpaired) electrons. The van der Waals surface area contributed by atoms with Crippen molar-refractivity contribution in [3.05, 3.63) is 59.9 Å². The molecule has 0 unspecified atom stereocenters. The highest BCUT2D eigenvalue weighted by atomic mass is 16.5. The lowest BCUT2D eigenvalue weighted by Gasteiger charge is -2.11. The molecule has 1 heterocycles. The molecule has 0 amide bonds. The van der Waals surface area contributed by atoms with Crippen molar-refractivity contribution in [2.75, 3.05) is 5.73 Å². The lowest BCUT2D eigenvalue weighted by atomic mass is 10.1. The molecule has 3 nitrogen and oxygen atoms in total. The van der Waals surface area contributed by atoms with Crippen molar-refractivity contribution in [3.8, 4) is 11.5 Å². The number of rotatable bonds is 3. The molecule has 3 heteroatoms. The van der Waals surface area contributed by atoms with E-state index in [2.05, 4.69) is 24.0 Å². The zero-order valence-electron chi connectivity index (χ0n) is 12.3. The number of aromatic nitrogens is 1. The number of benzene rings is 2. The number of fused-ring (bicyclic) bond motifs is 1. The number of hydrogen-bond acceptors (Lipinski definition) is 3. The molecule has 0 fully saturated rings. The van der Waals surface area contributed by atoms with Gasteiger partial charge in [0, 0.05) is 28.4 Å². The largest absolute Gasteiger partial charge is 0.457 e. The minimum atomic E-state index is 0.714. The van der Waals surface area contributed by atoms with Crippen LogP contribution in [0, 0.1) is 6.92 Å². The van der Waals surface area contributed by atoms with E-state index < -0.39 is 0 Å². The molecule has 0 bridgehead atoms. The van der Waals surface area contributed by atoms with Crippen LogP contribution in [0.4, 0.5) is 5.69 Å². The Morgan fingerprint density at radius 3 is 2.52 bits per heavy atom. The third-order valence-electron chi connectivity index (χ3n) is 3.59. The summed E-state index contributed by atoms with van der Waals surface area (Å²) in [6, 6.07) is 13.9. The summed E-state index contributed by atoms with van der Waals surface area (Å²) in [6.07, 6.45) is 2.82. The predicted molar refractivity (Wildman–Crippen MR) is 86.8 cm³/mol. The van der Waals surface area contributed by atoms with Crippen molar-refractivity contribution in [2.24, 2.45) is 0 Å². The number of aryl methyl sites for hydroxylation is 2. The second kappa shape index (κ2) is 5.44. The number of nitrogens with zero attached hydrogens (tertiary/aromatic N) is 1. The third-order valence-corrected chi connectivity index (χ3v) is 3.59. The number of pyridine rings is 1. The van der Waals surface area contributed by atoms with Gasteiger partial charge in [-0.05, 0) is 49.2 Å². The first-order chi connectivity index (χ1) is 10.2. The van der Waals surface area contributed by atoms with E-state index in [0.717, 1.165) is 34.4 Å². The molecule has 0 aliphatic carbocycles. The summed E-state index contributed by atoms with van der Waals surface area (Å²) in [5.41, 5.74) is 8.96. The second-order valence-electron chi connectivity index (χ2n) is 5.12. The van der Waals surface area contributed by atoms with E-state index in [0.29, 0.717) is 5.69 Å². The maximum absolute atomic E-state index is 6.02. The van der Waals surface area contributed by atoms with E-state index in [4.69, 9.17) is 10.5 Å². The fourth-order valence-corrected chi connectivity index (χ4v) is 2.35. The van der Waals surface area contributed by atoms with Crippen LogP contribution in [0.15, 0.2) is 48.7 Å². The summed E-state index contributed by atoms with van der Waals surface area (Å²) < 4.78 is 6.02. The van der Waals surface area contributed by atoms with E-state index in [1.165, 1.54) is 5.56 Å². The minimum absolute atomic E-state index is 0.714. The smallest absolute Gasteiger partial charge is 0.135 e. The van der Waals surface area contributed by atoms with Gasteiger partial charge in [0.2, 0.25) is 0 Å². The van der Waals surface area contributed by atoms with E-state index in [-0.39, 0.29) is 0 Å². The van der Waals surface area contributed by atoms with E-state index in [1.54, 1.807) is 6.20 Å². The van der Waals surface area contributed by atoms with Crippen molar-refractivity contribution in [1.29, 1.82) is 0 Å². The van der Waals surface area contributed by atoms with Gasteiger partial charge >= 0.3 is 0 Å². The van der Waals surface area contributed by atoms with Gasteiger partial charge in [0.25, 0.3) is 0 Å². The van der Waals surface area contributed by atoms with Crippen molar-refractivity contribution >= 4 is 16.5 Å². The first-order valence-corrected chi connectivity index (χ1v) is 7.09. The average Bonchev–Trinajstić information content (AvgIpc) is 2.51. The summed E-state index contributed by atoms with van der Waals surface area (Å²) >= 11 is 0. The molecule has 2 N–H and O–H groups in total. The highest BCUT2D eigenvalue weighted by Gasteiger charge is 2.07. The van der Waals surface area contributed by atoms with Crippen LogP contribution in [0.5, 0.6) is 11.5 Å². The summed E-state index contributed by atoms with van der Waals surface area (Å²) in [7, 11) is 0. The van der Waals surface area contributed by atoms with Crippen LogP contribution in [0.25, 0.3) is 10.8 Å². The van der Waals surface area contributed by atoms with Crippen LogP contribution in [-0.4, -0.2) is 4.98 Å². The first kappa shape index (κ1) is 13.4. The summed E-state index contributed by atoms with van der Waals surface area (Å²) in [5.74, 6) is 1.63. The molecular formula is C18H18N2O. The number of nitrogen functional groups attached to an aromatic ring is 1. The van der Waals surface area contributed by atoms with Crippen LogP contribution in [-0.2, 0) is 6.42 Å². The second-order valence-corrected chi connectivity index (χ2v) is 5.12. The van der Waals surface area contributed by atoms with Crippen LogP contribution in [0.3, 0.4) is 0 Å². The van der Waals surface area contributed by atoms with Crippen LogP contribution in [0.1, 0.15) is 18.2 Å². The highest BCUT2D eigenvalue weighted by Crippen LogP contribution is 2.33. The molecule has 0 aliphatic heterocycles. The van der Waals surface area contributed by atoms with Gasteiger partial charge in [-0.15, -0.1) is 0 Å². The Hall–Kier alpha value is -2.55. The lowest BCUT2D eigenvalue weighted by Crippen LogP contribution is -1.93. The molecule has 0 atom stereocenters. The Balaban J connectivity index is 2.03. The first-order valence-electron chi connectivity index (χ1n) is 7.09. The Morgan fingerprint density at radius 1 is 1.05 bits per heavy atom. The normalized spacial score (nSPS) is 10.8. The van der Waals surface area contributed by atoms with Crippen LogP contribution >= 0.6 is 0 Å². The van der Waals surface area contributed by atoms with Crippen LogP contribution < -0.4 is 10.5 Å². The number of ether oxygens (including phenoxy) is 1. The number of hydrogen-bond donors (Lipinski definition) is 1. The monoisotopic (exact) mass is 278 g/mol. The maximum Gasteiger partial charge on any atom is 0.135 e. The van der Waals surface area contributed by atoms with E-state index in [9.17, 15) is 0 Å². The fourth-order valence-electron chi connectivity index (χ4n) is 2.35. The Labute approximate surface area is 124 Å². The summed E-state index contributed by atoms with van der Waals surface area (Å²) in [5, 5.41) is 1.91. The van der Waals surface area contributed by atoms with Gasteiger partial charge in [-0.3, -0.25) is 4.98 Å². The molecule has 106 valence electrons. The lowest BCUT2D eigenvalue weighted by molar-refractivity contribution is 0.488. The summed E-state index contributed by atoms with van der Waals surface area (Å²) in [4.78, 5) is 4.30. The number of nitrogens with two attached hydrogens (primary N) is 1. The van der Waals surface area contributed by atoms with Crippen LogP contribution in [0.2, 0.25) is 0 Å². The highest BCUT2D eigenvalue weighted by molar-refractivity contribution is 5.96. The van der Waals surface area contributed by atoms with Gasteiger partial charge in [-0.1, -0.05) is 19.1 Å². The standard InChI is InChI=1S/C18H18N2O/c1-3-13-4-6-14(7-5-13)21-18-9-8-17(19)16-11-20-12(2)10-15(16)18/h4-11H,3,19H2,1-2H3. The minimum Gasteiger partial charge on any atom is -0.457 e. The summed E-state index contributed by atoms with van der Waals surface area (Å²) in [6.45, 7) is 4.10. The Bertz CT molecular complexity index is 779. The van der Waals surface area contributed by atoms with Crippen molar-refractivity contribution in [3.63, 3.8) is 0 Å². The zero-order chi connectivity index (χ0) is 14.8. The average molecular weight is 278 g/mol. The molecule has 2 aromatic carbocycles. The molecule has 1 aromatic heterocycles. The van der Waals surface area contributed by atoms with Crippen molar-refractivity contribution in [2.45, 2.75) is 20.3 Å². The fraction of sp³-hybridized carbons (Fsp3) is 0.167. The van der Waals surface area contributed by atoms with Gasteiger partial charge in [-0.2, -0.15) is 0 Å². The zero-order valence-corrected chi connectivity index (χ0v) is 12.3. The van der Waals surface area contributed by atoms with E-state index >= 15 is 0 Å². The molecular weight excluding hydrogens is 260 g/mol. The van der Waals surface area contributed by atoms with Gasteiger partial charge in [0.1, 0.15) is 11.5 Å². The van der Waals surface area contributed by atoms with Gasteiger partial charge in [0.15, 0.2) is 0 Å². The van der Waals surface area contributed by atoms with Crippen molar-refractivity contribution in [1.82, 2.24) is 4.98 Å². The maximum atomic E-state index is 6.02. The molecule has 0 saturated heterocycles. The topological polar surface area (TPSA) is 48.1 Å². The van der Waals surface area contributed by atoms with Gasteiger partial charge in [-0.25, -0.2) is 0 Å². The molecule has 0 saturated carbocycles. The molecule has 0 spiro atoms. The van der Waals surface area contributed by atoms with E-state index in [1.807, 2.05) is 37.3 Å². The molecule has 3 aromatic rings. The third kappa shape index (κ3) is 2.68. The van der Waals surface area contributed by atoms with Crippen molar-refractivity contribution < 1.29 is 4.74 Å². The molecule has 21 heavy (non-hydrogen) atoms. The quantitative estimate of drug-likeness (QED) is 0.718.